The molecular weight excluding hydrogens is 308 g/mol. The molecule has 0 saturated heterocycles. The summed E-state index contributed by atoms with van der Waals surface area (Å²) >= 11 is 0. The zero-order valence-corrected chi connectivity index (χ0v) is 12.9. The number of ether oxygens (including phenoxy) is 1. The van der Waals surface area contributed by atoms with Crippen LogP contribution in [0.5, 0.6) is 5.75 Å². The van der Waals surface area contributed by atoms with Gasteiger partial charge in [0.1, 0.15) is 5.75 Å². The number of carbonyl (C=O) groups excluding carboxylic acids is 2. The number of para-hydroxylation sites is 2. The molecule has 1 heterocycles. The van der Waals surface area contributed by atoms with E-state index in [4.69, 9.17) is 4.74 Å². The molecule has 0 radical (unpaired) electrons. The van der Waals surface area contributed by atoms with E-state index in [2.05, 4.69) is 10.6 Å². The molecule has 0 fully saturated rings. The summed E-state index contributed by atoms with van der Waals surface area (Å²) < 4.78 is 5.57. The highest BCUT2D eigenvalue weighted by molar-refractivity contribution is 5.99. The van der Waals surface area contributed by atoms with Gasteiger partial charge in [0.15, 0.2) is 6.10 Å². The van der Waals surface area contributed by atoms with Gasteiger partial charge in [0.05, 0.1) is 18.2 Å². The number of rotatable bonds is 5. The van der Waals surface area contributed by atoms with Gasteiger partial charge in [-0.25, -0.2) is 0 Å². The van der Waals surface area contributed by atoms with E-state index in [1.165, 1.54) is 0 Å². The fourth-order valence-electron chi connectivity index (χ4n) is 2.47. The minimum Gasteiger partial charge on any atom is -0.478 e. The maximum absolute atomic E-state index is 12.0. The third kappa shape index (κ3) is 3.72. The van der Waals surface area contributed by atoms with Gasteiger partial charge in [0.2, 0.25) is 5.91 Å². The molecular formula is C18H18N2O4. The Hall–Kier alpha value is -2.86. The molecule has 24 heavy (non-hydrogen) atoms. The van der Waals surface area contributed by atoms with Gasteiger partial charge >= 0.3 is 0 Å². The van der Waals surface area contributed by atoms with Gasteiger partial charge in [-0.1, -0.05) is 42.5 Å². The average molecular weight is 326 g/mol. The van der Waals surface area contributed by atoms with Crippen molar-refractivity contribution in [3.05, 3.63) is 60.2 Å². The number of hydrogen-bond acceptors (Lipinski definition) is 4. The Morgan fingerprint density at radius 2 is 1.88 bits per heavy atom. The maximum atomic E-state index is 12.0. The number of nitrogens with one attached hydrogen (secondary N) is 2. The number of amides is 2. The predicted molar refractivity (Wildman–Crippen MR) is 88.5 cm³/mol. The van der Waals surface area contributed by atoms with E-state index in [0.717, 1.165) is 5.56 Å². The minimum atomic E-state index is -0.881. The van der Waals surface area contributed by atoms with Crippen LogP contribution < -0.4 is 15.4 Å². The quantitative estimate of drug-likeness (QED) is 0.779. The highest BCUT2D eigenvalue weighted by atomic mass is 16.5. The molecule has 1 aliphatic rings. The maximum Gasteiger partial charge on any atom is 0.266 e. The predicted octanol–water partition coefficient (Wildman–Crippen LogP) is 1.63. The lowest BCUT2D eigenvalue weighted by Crippen LogP contribution is -2.41. The third-order valence-electron chi connectivity index (χ3n) is 3.75. The van der Waals surface area contributed by atoms with Crippen LogP contribution >= 0.6 is 0 Å². The average Bonchev–Trinajstić information content (AvgIpc) is 2.61. The van der Waals surface area contributed by atoms with Crippen molar-refractivity contribution in [2.24, 2.45) is 0 Å². The summed E-state index contributed by atoms with van der Waals surface area (Å²) in [6, 6.07) is 16.1. The molecule has 0 bridgehead atoms. The Balaban J connectivity index is 1.53. The lowest BCUT2D eigenvalue weighted by Gasteiger charge is -2.25. The highest BCUT2D eigenvalue weighted by Gasteiger charge is 2.29. The Kier molecular flexibility index (Phi) is 4.77. The standard InChI is InChI=1S/C18H18N2O4/c21-14(12-6-2-1-3-7-12)11-19-17(22)10-16-18(23)20-13-8-4-5-9-15(13)24-16/h1-9,14,16,21H,10-11H2,(H,19,22)(H,20,23). The summed E-state index contributed by atoms with van der Waals surface area (Å²) in [6.45, 7) is 0.0772. The van der Waals surface area contributed by atoms with E-state index in [9.17, 15) is 14.7 Å². The fourth-order valence-corrected chi connectivity index (χ4v) is 2.47. The molecule has 2 aromatic carbocycles. The van der Waals surface area contributed by atoms with E-state index >= 15 is 0 Å². The zero-order valence-electron chi connectivity index (χ0n) is 12.9. The third-order valence-corrected chi connectivity index (χ3v) is 3.75. The van der Waals surface area contributed by atoms with Gasteiger partial charge in [-0.15, -0.1) is 0 Å². The number of aliphatic hydroxyl groups excluding tert-OH is 1. The molecule has 0 aliphatic carbocycles. The van der Waals surface area contributed by atoms with Crippen LogP contribution in [0.1, 0.15) is 18.1 Å². The molecule has 2 amide bonds. The van der Waals surface area contributed by atoms with Crippen molar-refractivity contribution in [3.63, 3.8) is 0 Å². The second-order valence-corrected chi connectivity index (χ2v) is 5.53. The number of anilines is 1. The molecule has 2 atom stereocenters. The van der Waals surface area contributed by atoms with Gasteiger partial charge in [0, 0.05) is 6.54 Å². The van der Waals surface area contributed by atoms with E-state index in [0.29, 0.717) is 11.4 Å². The fraction of sp³-hybridized carbons (Fsp3) is 0.222. The number of carbonyl (C=O) groups is 2. The SMILES string of the molecule is O=C(CC1Oc2ccccc2NC1=O)NCC(O)c1ccccc1. The molecule has 1 aliphatic heterocycles. The molecule has 0 aromatic heterocycles. The number of fused-ring (bicyclic) bond motifs is 1. The van der Waals surface area contributed by atoms with Crippen LogP contribution in [-0.4, -0.2) is 29.6 Å². The number of benzene rings is 2. The number of aliphatic hydroxyl groups is 1. The molecule has 3 N–H and O–H groups in total. The van der Waals surface area contributed by atoms with Gasteiger partial charge < -0.3 is 20.5 Å². The van der Waals surface area contributed by atoms with Crippen LogP contribution in [0, 0.1) is 0 Å². The Morgan fingerprint density at radius 3 is 2.67 bits per heavy atom. The van der Waals surface area contributed by atoms with Crippen molar-refractivity contribution >= 4 is 17.5 Å². The van der Waals surface area contributed by atoms with Crippen molar-refractivity contribution in [2.45, 2.75) is 18.6 Å². The molecule has 0 saturated carbocycles. The van der Waals surface area contributed by atoms with E-state index in [1.807, 2.05) is 18.2 Å². The smallest absolute Gasteiger partial charge is 0.266 e. The second kappa shape index (κ2) is 7.14. The van der Waals surface area contributed by atoms with Crippen molar-refractivity contribution in [3.8, 4) is 5.75 Å². The Bertz CT molecular complexity index is 733. The monoisotopic (exact) mass is 326 g/mol. The zero-order chi connectivity index (χ0) is 16.9. The Labute approximate surface area is 139 Å². The molecule has 124 valence electrons. The van der Waals surface area contributed by atoms with E-state index in [-0.39, 0.29) is 24.8 Å². The summed E-state index contributed by atoms with van der Waals surface area (Å²) in [5.74, 6) is -0.170. The summed E-state index contributed by atoms with van der Waals surface area (Å²) in [5, 5.41) is 15.4. The normalized spacial score (nSPS) is 17.2. The summed E-state index contributed by atoms with van der Waals surface area (Å²) in [7, 11) is 0. The summed E-state index contributed by atoms with van der Waals surface area (Å²) in [5.41, 5.74) is 1.32. The molecule has 2 unspecified atom stereocenters. The summed E-state index contributed by atoms with van der Waals surface area (Å²) in [4.78, 5) is 24.0. The summed E-state index contributed by atoms with van der Waals surface area (Å²) in [6.07, 6.45) is -1.78. The van der Waals surface area contributed by atoms with Crippen molar-refractivity contribution in [1.29, 1.82) is 0 Å². The first-order valence-corrected chi connectivity index (χ1v) is 7.70. The van der Waals surface area contributed by atoms with Gasteiger partial charge in [-0.05, 0) is 17.7 Å². The van der Waals surface area contributed by atoms with Crippen LogP contribution in [0.25, 0.3) is 0 Å². The first-order chi connectivity index (χ1) is 11.6. The van der Waals surface area contributed by atoms with E-state index in [1.54, 1.807) is 36.4 Å². The topological polar surface area (TPSA) is 87.7 Å². The van der Waals surface area contributed by atoms with Gasteiger partial charge in [-0.2, -0.15) is 0 Å². The van der Waals surface area contributed by atoms with Crippen LogP contribution in [0.3, 0.4) is 0 Å². The second-order valence-electron chi connectivity index (χ2n) is 5.53. The highest BCUT2D eigenvalue weighted by Crippen LogP contribution is 2.29. The van der Waals surface area contributed by atoms with Crippen LogP contribution in [0.2, 0.25) is 0 Å². The number of hydrogen-bond donors (Lipinski definition) is 3. The lowest BCUT2D eigenvalue weighted by molar-refractivity contribution is -0.130. The van der Waals surface area contributed by atoms with Crippen molar-refractivity contribution in [2.75, 3.05) is 11.9 Å². The van der Waals surface area contributed by atoms with E-state index < -0.39 is 12.2 Å². The first-order valence-electron chi connectivity index (χ1n) is 7.70. The molecule has 3 rings (SSSR count). The van der Waals surface area contributed by atoms with Gasteiger partial charge in [0.25, 0.3) is 5.91 Å². The largest absolute Gasteiger partial charge is 0.478 e. The molecule has 6 heteroatoms. The molecule has 0 spiro atoms. The van der Waals surface area contributed by atoms with Crippen molar-refractivity contribution < 1.29 is 19.4 Å². The first kappa shape index (κ1) is 16.0. The Morgan fingerprint density at radius 1 is 1.17 bits per heavy atom. The van der Waals surface area contributed by atoms with Crippen molar-refractivity contribution in [1.82, 2.24) is 5.32 Å². The molecule has 6 nitrogen and oxygen atoms in total. The van der Waals surface area contributed by atoms with Gasteiger partial charge in [-0.3, -0.25) is 9.59 Å². The minimum absolute atomic E-state index is 0.0772. The lowest BCUT2D eigenvalue weighted by atomic mass is 10.1. The van der Waals surface area contributed by atoms with Crippen LogP contribution in [-0.2, 0) is 9.59 Å². The van der Waals surface area contributed by atoms with Crippen LogP contribution in [0.15, 0.2) is 54.6 Å². The molecule has 2 aromatic rings. The van der Waals surface area contributed by atoms with Crippen LogP contribution in [0.4, 0.5) is 5.69 Å².